The smallest absolute Gasteiger partial charge is 0.267 e. The molecule has 0 bridgehead atoms. The Hall–Kier alpha value is -3.01. The highest BCUT2D eigenvalue weighted by atomic mass is 35.5. The number of aliphatic hydroxyl groups is 1. The van der Waals surface area contributed by atoms with Crippen LogP contribution in [0.15, 0.2) is 41.3 Å². The van der Waals surface area contributed by atoms with Gasteiger partial charge < -0.3 is 20.3 Å². The van der Waals surface area contributed by atoms with Gasteiger partial charge in [-0.05, 0) is 35.9 Å². The molecule has 10 heteroatoms. The van der Waals surface area contributed by atoms with Crippen molar-refractivity contribution < 1.29 is 14.3 Å². The van der Waals surface area contributed by atoms with Gasteiger partial charge in [-0.2, -0.15) is 0 Å². The Labute approximate surface area is 188 Å². The topological polar surface area (TPSA) is 102 Å². The molecule has 0 saturated carbocycles. The Morgan fingerprint density at radius 1 is 1.22 bits per heavy atom. The first-order valence-electron chi connectivity index (χ1n) is 10.3. The van der Waals surface area contributed by atoms with E-state index in [4.69, 9.17) is 16.7 Å². The van der Waals surface area contributed by atoms with Gasteiger partial charge in [-0.15, -0.1) is 0 Å². The summed E-state index contributed by atoms with van der Waals surface area (Å²) < 4.78 is 14.6. The summed E-state index contributed by atoms with van der Waals surface area (Å²) in [5.74, 6) is -0.863. The summed E-state index contributed by atoms with van der Waals surface area (Å²) in [4.78, 5) is 35.0. The van der Waals surface area contributed by atoms with Gasteiger partial charge in [0.25, 0.3) is 11.5 Å². The summed E-state index contributed by atoms with van der Waals surface area (Å²) in [7, 11) is 0. The predicted octanol–water partition coefficient (Wildman–Crippen LogP) is 1.76. The molecule has 1 amide bonds. The first-order valence-corrected chi connectivity index (χ1v) is 10.7. The van der Waals surface area contributed by atoms with E-state index in [1.54, 1.807) is 24.4 Å². The number of carbonyl (C=O) groups is 1. The Bertz CT molecular complexity index is 1190. The second kappa shape index (κ2) is 9.64. The lowest BCUT2D eigenvalue weighted by molar-refractivity contribution is 0.0944. The fraction of sp³-hybridized carbons (Fsp3) is 0.318. The summed E-state index contributed by atoms with van der Waals surface area (Å²) in [6, 6.07) is 7.88. The Morgan fingerprint density at radius 2 is 2.00 bits per heavy atom. The minimum atomic E-state index is -0.448. The highest BCUT2D eigenvalue weighted by Gasteiger charge is 2.21. The molecule has 3 heterocycles. The normalized spacial score (nSPS) is 14.7. The molecule has 1 aliphatic heterocycles. The van der Waals surface area contributed by atoms with Gasteiger partial charge in [-0.1, -0.05) is 11.6 Å². The maximum absolute atomic E-state index is 14.6. The number of hydrogen-bond acceptors (Lipinski definition) is 6. The van der Waals surface area contributed by atoms with Crippen molar-refractivity contribution >= 4 is 34.2 Å². The number of halogens is 2. The molecule has 1 saturated heterocycles. The van der Waals surface area contributed by atoms with Crippen LogP contribution < -0.4 is 15.8 Å². The molecule has 0 spiro atoms. The van der Waals surface area contributed by atoms with Crippen LogP contribution in [0.1, 0.15) is 15.9 Å². The van der Waals surface area contributed by atoms with Crippen LogP contribution in [0.25, 0.3) is 11.0 Å². The first kappa shape index (κ1) is 22.2. The van der Waals surface area contributed by atoms with Gasteiger partial charge in [0, 0.05) is 51.0 Å². The number of aromatic amines is 1. The molecule has 4 rings (SSSR count). The second-order valence-electron chi connectivity index (χ2n) is 7.63. The quantitative estimate of drug-likeness (QED) is 0.519. The Balaban J connectivity index is 1.38. The molecule has 168 valence electrons. The highest BCUT2D eigenvalue weighted by molar-refractivity contribution is 6.30. The molecule has 8 nitrogen and oxygen atoms in total. The zero-order chi connectivity index (χ0) is 22.7. The minimum absolute atomic E-state index is 0.111. The van der Waals surface area contributed by atoms with E-state index in [-0.39, 0.29) is 29.3 Å². The third-order valence-corrected chi connectivity index (χ3v) is 5.71. The maximum atomic E-state index is 14.6. The highest BCUT2D eigenvalue weighted by Crippen LogP contribution is 2.23. The molecule has 0 unspecified atom stereocenters. The molecule has 0 atom stereocenters. The number of nitrogens with zero attached hydrogens (tertiary/aromatic N) is 3. The average molecular weight is 460 g/mol. The molecule has 3 N–H and O–H groups in total. The fourth-order valence-electron chi connectivity index (χ4n) is 3.77. The summed E-state index contributed by atoms with van der Waals surface area (Å²) in [6.07, 6.45) is 1.77. The van der Waals surface area contributed by atoms with Gasteiger partial charge in [0.1, 0.15) is 10.8 Å². The monoisotopic (exact) mass is 459 g/mol. The maximum Gasteiger partial charge on any atom is 0.267 e. The number of pyridine rings is 2. The molecule has 1 fully saturated rings. The second-order valence-corrected chi connectivity index (χ2v) is 8.04. The molecule has 0 aliphatic carbocycles. The number of fused-ring (bicyclic) bond motifs is 1. The van der Waals surface area contributed by atoms with Crippen molar-refractivity contribution in [2.45, 2.75) is 6.54 Å². The van der Waals surface area contributed by atoms with Crippen LogP contribution in [0.5, 0.6) is 0 Å². The molecule has 2 aromatic heterocycles. The van der Waals surface area contributed by atoms with Crippen molar-refractivity contribution in [3.63, 3.8) is 0 Å². The van der Waals surface area contributed by atoms with E-state index < -0.39 is 11.7 Å². The molecule has 1 aliphatic rings. The summed E-state index contributed by atoms with van der Waals surface area (Å²) in [5.41, 5.74) is 2.58. The van der Waals surface area contributed by atoms with Gasteiger partial charge >= 0.3 is 0 Å². The van der Waals surface area contributed by atoms with Gasteiger partial charge in [-0.25, -0.2) is 4.39 Å². The number of aromatic nitrogens is 2. The van der Waals surface area contributed by atoms with Gasteiger partial charge in [0.2, 0.25) is 0 Å². The van der Waals surface area contributed by atoms with Gasteiger partial charge in [-0.3, -0.25) is 19.5 Å². The number of carbonyl (C=O) groups excluding carboxylic acids is 1. The number of benzene rings is 1. The van der Waals surface area contributed by atoms with E-state index in [1.807, 2.05) is 11.0 Å². The van der Waals surface area contributed by atoms with E-state index in [2.05, 4.69) is 20.2 Å². The Morgan fingerprint density at radius 3 is 2.72 bits per heavy atom. The third kappa shape index (κ3) is 4.90. The van der Waals surface area contributed by atoms with Crippen molar-refractivity contribution in [3.8, 4) is 0 Å². The number of rotatable bonds is 6. The number of anilines is 1. The van der Waals surface area contributed by atoms with Crippen molar-refractivity contribution in [2.75, 3.05) is 44.2 Å². The van der Waals surface area contributed by atoms with Crippen LogP contribution in [0.3, 0.4) is 0 Å². The van der Waals surface area contributed by atoms with E-state index in [1.165, 1.54) is 6.07 Å². The number of aliphatic hydroxyl groups excluding tert-OH is 1. The number of amides is 1. The van der Waals surface area contributed by atoms with E-state index >= 15 is 0 Å². The number of nitrogens with one attached hydrogen (secondary N) is 2. The van der Waals surface area contributed by atoms with E-state index in [9.17, 15) is 14.0 Å². The lowest BCUT2D eigenvalue weighted by Gasteiger charge is -2.36. The van der Waals surface area contributed by atoms with Crippen molar-refractivity contribution in [1.82, 2.24) is 20.2 Å². The van der Waals surface area contributed by atoms with Gasteiger partial charge in [0.15, 0.2) is 0 Å². The SMILES string of the molecule is O=C(NCCO)c1ccc(N2CCN(Cc3cnc4cc(Cl)c(=O)[nH]c4c3)CC2)c(F)c1. The summed E-state index contributed by atoms with van der Waals surface area (Å²) >= 11 is 5.85. The predicted molar refractivity (Wildman–Crippen MR) is 121 cm³/mol. The van der Waals surface area contributed by atoms with Crippen molar-refractivity contribution in [1.29, 1.82) is 0 Å². The molecular formula is C22H23ClFN5O3. The Kier molecular flexibility index (Phi) is 6.69. The zero-order valence-corrected chi connectivity index (χ0v) is 18.0. The van der Waals surface area contributed by atoms with Crippen LogP contribution in [0, 0.1) is 5.82 Å². The lowest BCUT2D eigenvalue weighted by Crippen LogP contribution is -2.46. The third-order valence-electron chi connectivity index (χ3n) is 5.43. The minimum Gasteiger partial charge on any atom is -0.395 e. The summed E-state index contributed by atoms with van der Waals surface area (Å²) in [6.45, 7) is 3.36. The van der Waals surface area contributed by atoms with E-state index in [0.29, 0.717) is 36.4 Å². The first-order chi connectivity index (χ1) is 15.4. The van der Waals surface area contributed by atoms with Crippen molar-refractivity contribution in [2.24, 2.45) is 0 Å². The summed E-state index contributed by atoms with van der Waals surface area (Å²) in [5, 5.41) is 11.4. The molecule has 32 heavy (non-hydrogen) atoms. The number of hydrogen-bond donors (Lipinski definition) is 3. The molecular weight excluding hydrogens is 437 g/mol. The molecule has 1 aromatic carbocycles. The molecule has 0 radical (unpaired) electrons. The number of H-pyrrole nitrogens is 1. The standard InChI is InChI=1S/C22H23ClFN5O3/c23-16-11-18-19(27-22(16)32)9-14(12-26-18)13-28-4-6-29(7-5-28)20-2-1-15(10-17(20)24)21(31)25-3-8-30/h1-2,9-12,30H,3-8,13H2,(H,25,31)(H,27,32). The fourth-order valence-corrected chi connectivity index (χ4v) is 3.92. The van der Waals surface area contributed by atoms with Crippen LogP contribution >= 0.6 is 11.6 Å². The van der Waals surface area contributed by atoms with Gasteiger partial charge in [0.05, 0.1) is 23.3 Å². The largest absolute Gasteiger partial charge is 0.395 e. The van der Waals surface area contributed by atoms with Crippen molar-refractivity contribution in [3.05, 3.63) is 68.8 Å². The van der Waals surface area contributed by atoms with Crippen LogP contribution in [-0.4, -0.2) is 65.2 Å². The number of piperazine rings is 1. The van der Waals surface area contributed by atoms with Crippen LogP contribution in [0.4, 0.5) is 10.1 Å². The average Bonchev–Trinajstić information content (AvgIpc) is 2.79. The lowest BCUT2D eigenvalue weighted by atomic mass is 10.1. The van der Waals surface area contributed by atoms with E-state index in [0.717, 1.165) is 18.7 Å². The van der Waals surface area contributed by atoms with Crippen LogP contribution in [0.2, 0.25) is 5.02 Å². The molecule has 3 aromatic rings. The van der Waals surface area contributed by atoms with Crippen LogP contribution in [-0.2, 0) is 6.54 Å². The zero-order valence-electron chi connectivity index (χ0n) is 17.3.